The number of hydrogen-bond donors (Lipinski definition) is 2. The highest BCUT2D eigenvalue weighted by molar-refractivity contribution is 7.80. The van der Waals surface area contributed by atoms with Crippen molar-refractivity contribution in [1.29, 1.82) is 0 Å². The molecule has 0 atom stereocenters. The molecule has 0 aliphatic heterocycles. The highest BCUT2D eigenvalue weighted by Gasteiger charge is 2.15. The third-order valence-corrected chi connectivity index (χ3v) is 3.29. The van der Waals surface area contributed by atoms with Gasteiger partial charge in [0.1, 0.15) is 17.1 Å². The first kappa shape index (κ1) is 17.7. The summed E-state index contributed by atoms with van der Waals surface area (Å²) in [4.78, 5) is 11.7. The van der Waals surface area contributed by atoms with Crippen LogP contribution in [0.3, 0.4) is 0 Å². The van der Waals surface area contributed by atoms with E-state index in [9.17, 15) is 4.79 Å². The van der Waals surface area contributed by atoms with Gasteiger partial charge in [0.05, 0.1) is 12.8 Å². The average Bonchev–Trinajstić information content (AvgIpc) is 2.91. The minimum absolute atomic E-state index is 0.313. The van der Waals surface area contributed by atoms with Crippen LogP contribution in [0.2, 0.25) is 0 Å². The third kappa shape index (κ3) is 4.92. The molecule has 2 N–H and O–H groups in total. The summed E-state index contributed by atoms with van der Waals surface area (Å²) in [5.74, 6) is 0.499. The second-order valence-electron chi connectivity index (χ2n) is 5.03. The van der Waals surface area contributed by atoms with Crippen LogP contribution in [-0.2, 0) is 4.74 Å². The van der Waals surface area contributed by atoms with Crippen LogP contribution in [0, 0.1) is 13.8 Å². The summed E-state index contributed by atoms with van der Waals surface area (Å²) in [5, 5.41) is 7.35. The van der Waals surface area contributed by atoms with E-state index in [4.69, 9.17) is 21.4 Å². The van der Waals surface area contributed by atoms with Crippen LogP contribution in [0.1, 0.15) is 34.4 Å². The Bertz CT molecular complexity index is 751. The van der Waals surface area contributed by atoms with Gasteiger partial charge in [0.2, 0.25) is 0 Å². The molecule has 1 aromatic carbocycles. The van der Waals surface area contributed by atoms with Crippen molar-refractivity contribution >= 4 is 35.2 Å². The van der Waals surface area contributed by atoms with Crippen LogP contribution < -0.4 is 10.7 Å². The van der Waals surface area contributed by atoms with Crippen LogP contribution in [0.25, 0.3) is 0 Å². The van der Waals surface area contributed by atoms with Crippen LogP contribution in [0.5, 0.6) is 0 Å². The van der Waals surface area contributed by atoms with Crippen LogP contribution >= 0.6 is 12.2 Å². The number of furan rings is 1. The molecule has 0 saturated carbocycles. The number of nitrogens with zero attached hydrogens (tertiary/aromatic N) is 1. The Balaban J connectivity index is 1.91. The van der Waals surface area contributed by atoms with E-state index >= 15 is 0 Å². The van der Waals surface area contributed by atoms with Crippen LogP contribution in [0.15, 0.2) is 39.9 Å². The molecule has 0 bridgehead atoms. The molecule has 0 aliphatic carbocycles. The summed E-state index contributed by atoms with van der Waals surface area (Å²) >= 11 is 5.15. The van der Waals surface area contributed by atoms with Gasteiger partial charge in [-0.3, -0.25) is 5.43 Å². The van der Waals surface area contributed by atoms with Crippen molar-refractivity contribution in [2.24, 2.45) is 5.10 Å². The Morgan fingerprint density at radius 1 is 1.33 bits per heavy atom. The molecule has 6 nitrogen and oxygen atoms in total. The Morgan fingerprint density at radius 2 is 2.04 bits per heavy atom. The van der Waals surface area contributed by atoms with E-state index in [-0.39, 0.29) is 0 Å². The van der Waals surface area contributed by atoms with E-state index in [0.717, 1.165) is 5.69 Å². The molecule has 1 aromatic heterocycles. The largest absolute Gasteiger partial charge is 0.462 e. The number of carbonyl (C=O) groups is 1. The number of ether oxygens (including phenoxy) is 1. The first-order valence-corrected chi connectivity index (χ1v) is 7.84. The second-order valence-corrected chi connectivity index (χ2v) is 5.44. The number of aryl methyl sites for hydroxylation is 2. The highest BCUT2D eigenvalue weighted by atomic mass is 32.1. The molecule has 0 aliphatic rings. The van der Waals surface area contributed by atoms with E-state index in [1.54, 1.807) is 19.9 Å². The molecule has 1 heterocycles. The smallest absolute Gasteiger partial charge is 0.341 e. The number of hydrazone groups is 1. The van der Waals surface area contributed by atoms with Gasteiger partial charge in [-0.1, -0.05) is 17.7 Å². The Morgan fingerprint density at radius 3 is 2.71 bits per heavy atom. The van der Waals surface area contributed by atoms with Crippen molar-refractivity contribution in [1.82, 2.24) is 5.43 Å². The molecule has 2 aromatic rings. The lowest BCUT2D eigenvalue weighted by molar-refractivity contribution is 0.0524. The van der Waals surface area contributed by atoms with Gasteiger partial charge >= 0.3 is 5.97 Å². The van der Waals surface area contributed by atoms with Crippen LogP contribution in [0.4, 0.5) is 5.69 Å². The number of anilines is 1. The molecule has 0 amide bonds. The fourth-order valence-electron chi connectivity index (χ4n) is 1.93. The van der Waals surface area contributed by atoms with Crippen molar-refractivity contribution in [2.75, 3.05) is 11.9 Å². The lowest BCUT2D eigenvalue weighted by Gasteiger charge is -2.06. The molecule has 2 rings (SSSR count). The summed E-state index contributed by atoms with van der Waals surface area (Å²) in [6.45, 7) is 5.77. The molecule has 0 unspecified atom stereocenters. The summed E-state index contributed by atoms with van der Waals surface area (Å²) in [6.07, 6.45) is 1.44. The summed E-state index contributed by atoms with van der Waals surface area (Å²) in [7, 11) is 0. The van der Waals surface area contributed by atoms with Gasteiger partial charge in [-0.25, -0.2) is 4.79 Å². The van der Waals surface area contributed by atoms with Gasteiger partial charge in [-0.05, 0) is 45.1 Å². The SMILES string of the molecule is CCOC(=O)c1cc(/C=N/NC(=S)Nc2ccc(C)cc2)oc1C. The monoisotopic (exact) mass is 345 g/mol. The number of carbonyl (C=O) groups excluding carboxylic acids is 1. The Hall–Kier alpha value is -2.67. The quantitative estimate of drug-likeness (QED) is 0.374. The van der Waals surface area contributed by atoms with Gasteiger partial charge in [-0.15, -0.1) is 0 Å². The van der Waals surface area contributed by atoms with E-state index in [0.29, 0.717) is 28.8 Å². The van der Waals surface area contributed by atoms with Crippen molar-refractivity contribution in [3.05, 3.63) is 53.0 Å². The van der Waals surface area contributed by atoms with E-state index in [2.05, 4.69) is 15.8 Å². The number of benzene rings is 1. The predicted octanol–water partition coefficient (Wildman–Crippen LogP) is 3.39. The normalized spacial score (nSPS) is 10.6. The molecule has 0 fully saturated rings. The molecular weight excluding hydrogens is 326 g/mol. The highest BCUT2D eigenvalue weighted by Crippen LogP contribution is 2.14. The van der Waals surface area contributed by atoms with Gasteiger partial charge in [0, 0.05) is 11.8 Å². The topological polar surface area (TPSA) is 75.9 Å². The second kappa shape index (κ2) is 8.26. The summed E-state index contributed by atoms with van der Waals surface area (Å²) in [5.41, 5.74) is 5.12. The third-order valence-electron chi connectivity index (χ3n) is 3.10. The van der Waals surface area contributed by atoms with Gasteiger partial charge < -0.3 is 14.5 Å². The van der Waals surface area contributed by atoms with E-state index < -0.39 is 5.97 Å². The number of thiocarbonyl (C=S) groups is 1. The van der Waals surface area contributed by atoms with Gasteiger partial charge in [-0.2, -0.15) is 5.10 Å². The first-order valence-electron chi connectivity index (χ1n) is 7.44. The predicted molar refractivity (Wildman–Crippen MR) is 97.5 cm³/mol. The lowest BCUT2D eigenvalue weighted by Crippen LogP contribution is -2.23. The van der Waals surface area contributed by atoms with E-state index in [1.807, 2.05) is 31.2 Å². The zero-order valence-corrected chi connectivity index (χ0v) is 14.6. The first-order chi connectivity index (χ1) is 11.5. The van der Waals surface area contributed by atoms with Gasteiger partial charge in [0.25, 0.3) is 0 Å². The van der Waals surface area contributed by atoms with Gasteiger partial charge in [0.15, 0.2) is 5.11 Å². The fraction of sp³-hybridized carbons (Fsp3) is 0.235. The molecule has 0 radical (unpaired) electrons. The molecular formula is C17H19N3O3S. The van der Waals surface area contributed by atoms with Crippen molar-refractivity contribution in [3.63, 3.8) is 0 Å². The lowest BCUT2D eigenvalue weighted by atomic mass is 10.2. The molecule has 126 valence electrons. The fourth-order valence-corrected chi connectivity index (χ4v) is 2.10. The zero-order valence-electron chi connectivity index (χ0n) is 13.8. The minimum Gasteiger partial charge on any atom is -0.462 e. The number of esters is 1. The maximum atomic E-state index is 11.7. The summed E-state index contributed by atoms with van der Waals surface area (Å²) < 4.78 is 10.4. The van der Waals surface area contributed by atoms with Crippen LogP contribution in [-0.4, -0.2) is 23.9 Å². The average molecular weight is 345 g/mol. The maximum Gasteiger partial charge on any atom is 0.341 e. The number of rotatable bonds is 5. The van der Waals surface area contributed by atoms with Crippen molar-refractivity contribution in [2.45, 2.75) is 20.8 Å². The maximum absolute atomic E-state index is 11.7. The number of nitrogens with one attached hydrogen (secondary N) is 2. The standard InChI is InChI=1S/C17H19N3O3S/c1-4-22-16(21)15-9-14(23-12(15)3)10-18-20-17(24)19-13-7-5-11(2)6-8-13/h5-10H,4H2,1-3H3,(H2,19,20,24)/b18-10+. The molecule has 0 spiro atoms. The zero-order chi connectivity index (χ0) is 17.5. The Kier molecular flexibility index (Phi) is 6.08. The molecule has 7 heteroatoms. The van der Waals surface area contributed by atoms with Crippen molar-refractivity contribution < 1.29 is 13.9 Å². The van der Waals surface area contributed by atoms with E-state index in [1.165, 1.54) is 11.8 Å². The summed E-state index contributed by atoms with van der Waals surface area (Å²) in [6, 6.07) is 9.39. The molecule has 0 saturated heterocycles. The number of hydrogen-bond acceptors (Lipinski definition) is 5. The molecule has 24 heavy (non-hydrogen) atoms. The minimum atomic E-state index is -0.414. The Labute approximate surface area is 145 Å². The van der Waals surface area contributed by atoms with Crippen molar-refractivity contribution in [3.8, 4) is 0 Å².